The molecule has 1 atom stereocenters. The molecule has 0 spiro atoms. The number of nitrogens with one attached hydrogen (secondary N) is 1. The molecule has 16 heavy (non-hydrogen) atoms. The van der Waals surface area contributed by atoms with Crippen molar-refractivity contribution in [3.05, 3.63) is 17.3 Å². The molecule has 1 aromatic rings. The summed E-state index contributed by atoms with van der Waals surface area (Å²) >= 11 is 5.90. The van der Waals surface area contributed by atoms with Gasteiger partial charge in [-0.2, -0.15) is 0 Å². The Morgan fingerprint density at radius 1 is 1.75 bits per heavy atom. The van der Waals surface area contributed by atoms with Crippen molar-refractivity contribution in [2.75, 3.05) is 17.7 Å². The van der Waals surface area contributed by atoms with Crippen molar-refractivity contribution in [3.63, 3.8) is 0 Å². The molecule has 88 valence electrons. The number of nitrogens with zero attached hydrogens (tertiary/aromatic N) is 1. The molecule has 1 aromatic heterocycles. The Bertz CT molecular complexity index is 384. The van der Waals surface area contributed by atoms with Crippen molar-refractivity contribution < 1.29 is 9.53 Å². The van der Waals surface area contributed by atoms with Gasteiger partial charge < -0.3 is 15.8 Å². The van der Waals surface area contributed by atoms with Crippen LogP contribution in [0.1, 0.15) is 13.8 Å². The molecule has 0 radical (unpaired) electrons. The van der Waals surface area contributed by atoms with E-state index in [0.29, 0.717) is 23.1 Å². The van der Waals surface area contributed by atoms with Gasteiger partial charge in [0.15, 0.2) is 0 Å². The molecule has 5 nitrogen and oxygen atoms in total. The van der Waals surface area contributed by atoms with E-state index in [4.69, 9.17) is 22.1 Å². The number of rotatable bonds is 4. The van der Waals surface area contributed by atoms with Gasteiger partial charge in [0, 0.05) is 0 Å². The number of hydrogen-bond acceptors (Lipinski definition) is 5. The van der Waals surface area contributed by atoms with E-state index in [1.165, 1.54) is 6.20 Å². The molecule has 0 aliphatic heterocycles. The average Bonchev–Trinajstić information content (AvgIpc) is 2.22. The molecule has 6 heteroatoms. The van der Waals surface area contributed by atoms with Gasteiger partial charge in [-0.1, -0.05) is 11.6 Å². The van der Waals surface area contributed by atoms with Gasteiger partial charge in [0.05, 0.1) is 23.5 Å². The lowest BCUT2D eigenvalue weighted by Gasteiger charge is -2.14. The van der Waals surface area contributed by atoms with Crippen LogP contribution in [0, 0.1) is 0 Å². The maximum absolute atomic E-state index is 11.3. The predicted molar refractivity (Wildman–Crippen MR) is 63.4 cm³/mol. The second-order valence-corrected chi connectivity index (χ2v) is 3.62. The Hall–Kier alpha value is -1.49. The maximum atomic E-state index is 11.3. The van der Waals surface area contributed by atoms with Gasteiger partial charge in [-0.15, -0.1) is 0 Å². The second-order valence-electron chi connectivity index (χ2n) is 3.22. The SMILES string of the molecule is CCOC(=O)C(C)Nc1ncc(N)cc1Cl. The Labute approximate surface area is 98.9 Å². The fraction of sp³-hybridized carbons (Fsp3) is 0.400. The number of ether oxygens (including phenoxy) is 1. The van der Waals surface area contributed by atoms with Crippen LogP contribution < -0.4 is 11.1 Å². The van der Waals surface area contributed by atoms with Crippen LogP contribution in [0.5, 0.6) is 0 Å². The zero-order valence-electron chi connectivity index (χ0n) is 9.16. The van der Waals surface area contributed by atoms with Crippen LogP contribution in [0.2, 0.25) is 5.02 Å². The molecule has 0 aliphatic rings. The number of carbonyl (C=O) groups is 1. The summed E-state index contributed by atoms with van der Waals surface area (Å²) in [5.74, 6) is 0.0635. The molecule has 0 amide bonds. The topological polar surface area (TPSA) is 77.2 Å². The number of anilines is 2. The summed E-state index contributed by atoms with van der Waals surface area (Å²) in [6.45, 7) is 3.76. The summed E-state index contributed by atoms with van der Waals surface area (Å²) in [5, 5.41) is 3.22. The Morgan fingerprint density at radius 3 is 3.00 bits per heavy atom. The molecule has 0 saturated heterocycles. The van der Waals surface area contributed by atoms with Crippen molar-refractivity contribution in [1.29, 1.82) is 0 Å². The van der Waals surface area contributed by atoms with E-state index < -0.39 is 6.04 Å². The maximum Gasteiger partial charge on any atom is 0.328 e. The third kappa shape index (κ3) is 3.27. The quantitative estimate of drug-likeness (QED) is 0.787. The van der Waals surface area contributed by atoms with Crippen LogP contribution in [-0.2, 0) is 9.53 Å². The highest BCUT2D eigenvalue weighted by Gasteiger charge is 2.15. The van der Waals surface area contributed by atoms with Gasteiger partial charge in [0.1, 0.15) is 11.9 Å². The smallest absolute Gasteiger partial charge is 0.328 e. The van der Waals surface area contributed by atoms with Crippen LogP contribution >= 0.6 is 11.6 Å². The van der Waals surface area contributed by atoms with Gasteiger partial charge in [0.25, 0.3) is 0 Å². The van der Waals surface area contributed by atoms with Crippen molar-refractivity contribution in [2.45, 2.75) is 19.9 Å². The lowest BCUT2D eigenvalue weighted by Crippen LogP contribution is -2.28. The highest BCUT2D eigenvalue weighted by molar-refractivity contribution is 6.33. The fourth-order valence-electron chi connectivity index (χ4n) is 1.09. The number of halogens is 1. The van der Waals surface area contributed by atoms with Crippen LogP contribution in [0.15, 0.2) is 12.3 Å². The van der Waals surface area contributed by atoms with Gasteiger partial charge in [-0.05, 0) is 19.9 Å². The van der Waals surface area contributed by atoms with Gasteiger partial charge in [-0.25, -0.2) is 9.78 Å². The monoisotopic (exact) mass is 243 g/mol. The number of aromatic nitrogens is 1. The largest absolute Gasteiger partial charge is 0.464 e. The third-order valence-corrected chi connectivity index (χ3v) is 2.14. The predicted octanol–water partition coefficient (Wildman–Crippen LogP) is 1.68. The molecule has 3 N–H and O–H groups in total. The van der Waals surface area contributed by atoms with E-state index in [-0.39, 0.29) is 5.97 Å². The molecule has 0 aliphatic carbocycles. The summed E-state index contributed by atoms with van der Waals surface area (Å²) in [7, 11) is 0. The highest BCUT2D eigenvalue weighted by Crippen LogP contribution is 2.21. The normalized spacial score (nSPS) is 11.9. The molecular formula is C10H14ClN3O2. The minimum atomic E-state index is -0.506. The van der Waals surface area contributed by atoms with Crippen LogP contribution in [0.3, 0.4) is 0 Å². The number of hydrogen-bond donors (Lipinski definition) is 2. The van der Waals surface area contributed by atoms with Crippen LogP contribution in [-0.4, -0.2) is 23.6 Å². The number of carbonyl (C=O) groups excluding carboxylic acids is 1. The van der Waals surface area contributed by atoms with E-state index in [1.807, 2.05) is 0 Å². The lowest BCUT2D eigenvalue weighted by atomic mass is 10.3. The molecule has 0 aromatic carbocycles. The van der Waals surface area contributed by atoms with Gasteiger partial charge in [0.2, 0.25) is 0 Å². The van der Waals surface area contributed by atoms with Crippen molar-refractivity contribution in [2.24, 2.45) is 0 Å². The molecule has 0 fully saturated rings. The summed E-state index contributed by atoms with van der Waals surface area (Å²) in [5.41, 5.74) is 5.97. The van der Waals surface area contributed by atoms with E-state index in [1.54, 1.807) is 19.9 Å². The molecule has 0 bridgehead atoms. The fourth-order valence-corrected chi connectivity index (χ4v) is 1.32. The third-order valence-electron chi connectivity index (χ3n) is 1.86. The summed E-state index contributed by atoms with van der Waals surface area (Å²) in [6, 6.07) is 1.06. The molecule has 1 rings (SSSR count). The summed E-state index contributed by atoms with van der Waals surface area (Å²) < 4.78 is 4.84. The standard InChI is InChI=1S/C10H14ClN3O2/c1-3-16-10(15)6(2)14-9-8(11)4-7(12)5-13-9/h4-6H,3,12H2,1-2H3,(H,13,14). The Balaban J connectivity index is 2.69. The first-order valence-corrected chi connectivity index (χ1v) is 5.26. The van der Waals surface area contributed by atoms with Gasteiger partial charge >= 0.3 is 5.97 Å². The van der Waals surface area contributed by atoms with E-state index >= 15 is 0 Å². The number of pyridine rings is 1. The Morgan fingerprint density at radius 2 is 2.44 bits per heavy atom. The van der Waals surface area contributed by atoms with E-state index in [2.05, 4.69) is 10.3 Å². The van der Waals surface area contributed by atoms with Crippen LogP contribution in [0.25, 0.3) is 0 Å². The summed E-state index contributed by atoms with van der Waals surface area (Å²) in [4.78, 5) is 15.3. The summed E-state index contributed by atoms with van der Waals surface area (Å²) in [6.07, 6.45) is 1.46. The first kappa shape index (κ1) is 12.6. The average molecular weight is 244 g/mol. The van der Waals surface area contributed by atoms with E-state index in [9.17, 15) is 4.79 Å². The van der Waals surface area contributed by atoms with Crippen molar-refractivity contribution in [1.82, 2.24) is 4.98 Å². The first-order chi connectivity index (χ1) is 7.54. The molecule has 0 saturated carbocycles. The highest BCUT2D eigenvalue weighted by atomic mass is 35.5. The molecular weight excluding hydrogens is 230 g/mol. The van der Waals surface area contributed by atoms with Crippen molar-refractivity contribution in [3.8, 4) is 0 Å². The Kier molecular flexibility index (Phi) is 4.37. The number of nitrogens with two attached hydrogens (primary N) is 1. The zero-order chi connectivity index (χ0) is 12.1. The number of nitrogen functional groups attached to an aromatic ring is 1. The van der Waals surface area contributed by atoms with E-state index in [0.717, 1.165) is 0 Å². The van der Waals surface area contributed by atoms with Gasteiger partial charge in [-0.3, -0.25) is 0 Å². The zero-order valence-corrected chi connectivity index (χ0v) is 9.91. The van der Waals surface area contributed by atoms with Crippen LogP contribution in [0.4, 0.5) is 11.5 Å². The molecule has 1 unspecified atom stereocenters. The first-order valence-electron chi connectivity index (χ1n) is 4.88. The lowest BCUT2D eigenvalue weighted by molar-refractivity contribution is -0.143. The molecule has 1 heterocycles. The minimum absolute atomic E-state index is 0.341. The number of esters is 1. The second kappa shape index (κ2) is 5.55. The minimum Gasteiger partial charge on any atom is -0.464 e. The van der Waals surface area contributed by atoms with Crippen molar-refractivity contribution >= 4 is 29.1 Å².